The quantitative estimate of drug-likeness (QED) is 0.718. The van der Waals surface area contributed by atoms with Gasteiger partial charge in [-0.25, -0.2) is 13.6 Å². The van der Waals surface area contributed by atoms with E-state index in [2.05, 4.69) is 10.6 Å². The number of amides is 1. The van der Waals surface area contributed by atoms with Crippen LogP contribution in [0.5, 0.6) is 0 Å². The maximum absolute atomic E-state index is 14.2. The monoisotopic (exact) mass is 398 g/mol. The summed E-state index contributed by atoms with van der Waals surface area (Å²) in [7, 11) is 0. The largest absolute Gasteiger partial charge is 0.466 e. The first-order chi connectivity index (χ1) is 13.1. The Morgan fingerprint density at radius 3 is 2.46 bits per heavy atom. The minimum Gasteiger partial charge on any atom is -0.466 e. The highest BCUT2D eigenvalue weighted by molar-refractivity contribution is 5.74. The standard InChI is InChI=1S/C20H28F2N2O4/c1-5-27-18(25)12-11-16(17-13(21)7-6-8-14(17)22)24-15(12)9-10-23-19(26)28-20(2,3)4/h6-8,12,15-16,24H,5,9-11H2,1-4H3,(H,23,26). The van der Waals surface area contributed by atoms with Gasteiger partial charge in [0.15, 0.2) is 0 Å². The molecule has 1 aliphatic heterocycles. The molecule has 6 nitrogen and oxygen atoms in total. The summed E-state index contributed by atoms with van der Waals surface area (Å²) < 4.78 is 38.6. The molecule has 1 amide bonds. The van der Waals surface area contributed by atoms with Gasteiger partial charge in [-0.15, -0.1) is 0 Å². The van der Waals surface area contributed by atoms with Gasteiger partial charge < -0.3 is 20.1 Å². The number of ether oxygens (including phenoxy) is 2. The summed E-state index contributed by atoms with van der Waals surface area (Å²) in [4.78, 5) is 24.1. The Kier molecular flexibility index (Phi) is 7.35. The van der Waals surface area contributed by atoms with E-state index in [0.717, 1.165) is 0 Å². The molecule has 2 rings (SSSR count). The molecule has 2 N–H and O–H groups in total. The fourth-order valence-electron chi connectivity index (χ4n) is 3.34. The molecule has 1 heterocycles. The van der Waals surface area contributed by atoms with Crippen LogP contribution in [0.4, 0.5) is 13.6 Å². The average Bonchev–Trinajstić information content (AvgIpc) is 2.97. The summed E-state index contributed by atoms with van der Waals surface area (Å²) in [5.41, 5.74) is -0.698. The van der Waals surface area contributed by atoms with Crippen molar-refractivity contribution >= 4 is 12.1 Å². The molecule has 1 saturated heterocycles. The first-order valence-electron chi connectivity index (χ1n) is 9.45. The van der Waals surface area contributed by atoms with E-state index in [9.17, 15) is 18.4 Å². The van der Waals surface area contributed by atoms with Gasteiger partial charge in [0, 0.05) is 24.2 Å². The van der Waals surface area contributed by atoms with Crippen molar-refractivity contribution in [3.05, 3.63) is 35.4 Å². The van der Waals surface area contributed by atoms with Crippen LogP contribution in [0.1, 0.15) is 52.1 Å². The highest BCUT2D eigenvalue weighted by atomic mass is 19.1. The number of halogens is 2. The van der Waals surface area contributed by atoms with E-state index in [0.29, 0.717) is 6.42 Å². The lowest BCUT2D eigenvalue weighted by atomic mass is 9.94. The van der Waals surface area contributed by atoms with E-state index in [-0.39, 0.29) is 25.1 Å². The van der Waals surface area contributed by atoms with Crippen LogP contribution in [-0.4, -0.2) is 36.9 Å². The summed E-state index contributed by atoms with van der Waals surface area (Å²) in [6.07, 6.45) is 0.0400. The molecule has 1 aliphatic rings. The van der Waals surface area contributed by atoms with Crippen LogP contribution in [0.2, 0.25) is 0 Å². The number of alkyl carbamates (subject to hydrolysis) is 1. The lowest BCUT2D eigenvalue weighted by Gasteiger charge is -2.21. The zero-order valence-electron chi connectivity index (χ0n) is 16.7. The number of carbonyl (C=O) groups excluding carboxylic acids is 2. The average molecular weight is 398 g/mol. The molecule has 1 fully saturated rings. The molecule has 8 heteroatoms. The Morgan fingerprint density at radius 2 is 1.89 bits per heavy atom. The van der Waals surface area contributed by atoms with Gasteiger partial charge in [0.05, 0.1) is 12.5 Å². The van der Waals surface area contributed by atoms with E-state index in [4.69, 9.17) is 9.47 Å². The van der Waals surface area contributed by atoms with Crippen LogP contribution in [0, 0.1) is 17.6 Å². The third-order valence-electron chi connectivity index (χ3n) is 4.45. The SMILES string of the molecule is CCOC(=O)C1CC(c2c(F)cccc2F)NC1CCNC(=O)OC(C)(C)C. The molecular formula is C20H28F2N2O4. The molecule has 3 atom stereocenters. The second-order valence-corrected chi connectivity index (χ2v) is 7.77. The lowest BCUT2D eigenvalue weighted by molar-refractivity contribution is -0.148. The topological polar surface area (TPSA) is 76.7 Å². The fraction of sp³-hybridized carbons (Fsp3) is 0.600. The lowest BCUT2D eigenvalue weighted by Crippen LogP contribution is -2.38. The molecular weight excluding hydrogens is 370 g/mol. The summed E-state index contributed by atoms with van der Waals surface area (Å²) >= 11 is 0. The molecule has 3 unspecified atom stereocenters. The van der Waals surface area contributed by atoms with Crippen LogP contribution >= 0.6 is 0 Å². The van der Waals surface area contributed by atoms with Crippen molar-refractivity contribution in [3.63, 3.8) is 0 Å². The predicted molar refractivity (Wildman–Crippen MR) is 99.6 cm³/mol. The van der Waals surface area contributed by atoms with Crippen molar-refractivity contribution in [3.8, 4) is 0 Å². The minimum atomic E-state index is -0.660. The molecule has 0 saturated carbocycles. The smallest absolute Gasteiger partial charge is 0.407 e. The van der Waals surface area contributed by atoms with Crippen LogP contribution in [0.3, 0.4) is 0 Å². The molecule has 0 aromatic heterocycles. The van der Waals surface area contributed by atoms with E-state index < -0.39 is 47.3 Å². The maximum atomic E-state index is 14.2. The number of hydrogen-bond donors (Lipinski definition) is 2. The molecule has 156 valence electrons. The Balaban J connectivity index is 2.05. The maximum Gasteiger partial charge on any atom is 0.407 e. The predicted octanol–water partition coefficient (Wildman–Crippen LogP) is 3.46. The molecule has 0 bridgehead atoms. The van der Waals surface area contributed by atoms with E-state index in [1.54, 1.807) is 27.7 Å². The summed E-state index contributed by atoms with van der Waals surface area (Å²) in [5.74, 6) is -2.30. The van der Waals surface area contributed by atoms with Crippen molar-refractivity contribution < 1.29 is 27.8 Å². The number of rotatable bonds is 6. The number of hydrogen-bond acceptors (Lipinski definition) is 5. The van der Waals surface area contributed by atoms with Crippen molar-refractivity contribution in [2.45, 2.75) is 58.2 Å². The van der Waals surface area contributed by atoms with Crippen LogP contribution in [0.25, 0.3) is 0 Å². The number of carbonyl (C=O) groups is 2. The van der Waals surface area contributed by atoms with Gasteiger partial charge in [-0.3, -0.25) is 4.79 Å². The molecule has 0 radical (unpaired) electrons. The Bertz CT molecular complexity index is 686. The third kappa shape index (κ3) is 5.89. The Hall–Kier alpha value is -2.22. The molecule has 0 aliphatic carbocycles. The van der Waals surface area contributed by atoms with Crippen LogP contribution in [0.15, 0.2) is 18.2 Å². The third-order valence-corrected chi connectivity index (χ3v) is 4.45. The van der Waals surface area contributed by atoms with E-state index in [1.807, 2.05) is 0 Å². The molecule has 1 aromatic carbocycles. The fourth-order valence-corrected chi connectivity index (χ4v) is 3.34. The van der Waals surface area contributed by atoms with Gasteiger partial charge in [-0.1, -0.05) is 6.07 Å². The Labute approximate surface area is 164 Å². The number of esters is 1. The second-order valence-electron chi connectivity index (χ2n) is 7.77. The van der Waals surface area contributed by atoms with Crippen molar-refractivity contribution in [1.29, 1.82) is 0 Å². The molecule has 1 aromatic rings. The Morgan fingerprint density at radius 1 is 1.25 bits per heavy atom. The van der Waals surface area contributed by atoms with Gasteiger partial charge >= 0.3 is 12.1 Å². The summed E-state index contributed by atoms with van der Waals surface area (Å²) in [6, 6.07) is 2.64. The second kappa shape index (κ2) is 9.32. The summed E-state index contributed by atoms with van der Waals surface area (Å²) in [5, 5.41) is 5.76. The van der Waals surface area contributed by atoms with Gasteiger partial charge in [0.25, 0.3) is 0 Å². The van der Waals surface area contributed by atoms with E-state index in [1.165, 1.54) is 18.2 Å². The van der Waals surface area contributed by atoms with Crippen molar-refractivity contribution in [2.24, 2.45) is 5.92 Å². The number of nitrogens with one attached hydrogen (secondary N) is 2. The van der Waals surface area contributed by atoms with Crippen LogP contribution < -0.4 is 10.6 Å². The van der Waals surface area contributed by atoms with Crippen LogP contribution in [-0.2, 0) is 14.3 Å². The normalized spacial score (nSPS) is 22.0. The molecule has 0 spiro atoms. The summed E-state index contributed by atoms with van der Waals surface area (Å²) in [6.45, 7) is 7.44. The highest BCUT2D eigenvalue weighted by Gasteiger charge is 2.41. The first-order valence-corrected chi connectivity index (χ1v) is 9.45. The van der Waals surface area contributed by atoms with Gasteiger partial charge in [0.2, 0.25) is 0 Å². The highest BCUT2D eigenvalue weighted by Crippen LogP contribution is 2.35. The van der Waals surface area contributed by atoms with Gasteiger partial charge in [-0.05, 0) is 52.7 Å². The van der Waals surface area contributed by atoms with E-state index >= 15 is 0 Å². The van der Waals surface area contributed by atoms with Gasteiger partial charge in [-0.2, -0.15) is 0 Å². The first kappa shape index (κ1) is 22.1. The zero-order valence-corrected chi connectivity index (χ0v) is 16.7. The zero-order chi connectivity index (χ0) is 20.9. The minimum absolute atomic E-state index is 0.0839. The van der Waals surface area contributed by atoms with Crippen molar-refractivity contribution in [1.82, 2.24) is 10.6 Å². The number of benzene rings is 1. The van der Waals surface area contributed by atoms with Crippen molar-refractivity contribution in [2.75, 3.05) is 13.2 Å². The molecule has 28 heavy (non-hydrogen) atoms. The van der Waals surface area contributed by atoms with Gasteiger partial charge in [0.1, 0.15) is 17.2 Å².